The Labute approximate surface area is 231 Å². The van der Waals surface area contributed by atoms with Crippen molar-refractivity contribution in [2.24, 2.45) is 0 Å². The third kappa shape index (κ3) is 5.68. The summed E-state index contributed by atoms with van der Waals surface area (Å²) in [4.78, 5) is 33.0. The highest BCUT2D eigenvalue weighted by Crippen LogP contribution is 2.27. The van der Waals surface area contributed by atoms with Gasteiger partial charge in [-0.05, 0) is 45.7 Å². The molecule has 1 amide bonds. The smallest absolute Gasteiger partial charge is 0.277 e. The minimum atomic E-state index is -2.87. The second kappa shape index (κ2) is 10.6. The molecular formula is C27H27ClF2N6O3. The molecule has 0 aromatic carbocycles. The van der Waals surface area contributed by atoms with Crippen LogP contribution in [0.5, 0.6) is 5.75 Å². The molecule has 0 atom stereocenters. The van der Waals surface area contributed by atoms with Gasteiger partial charge in [-0.2, -0.15) is 5.10 Å². The van der Waals surface area contributed by atoms with E-state index < -0.39 is 40.0 Å². The van der Waals surface area contributed by atoms with Crippen molar-refractivity contribution in [1.29, 1.82) is 0 Å². The molecule has 0 fully saturated rings. The van der Waals surface area contributed by atoms with E-state index in [0.717, 1.165) is 5.56 Å². The highest BCUT2D eigenvalue weighted by atomic mass is 35.5. The van der Waals surface area contributed by atoms with E-state index in [4.69, 9.17) is 19.1 Å². The van der Waals surface area contributed by atoms with Gasteiger partial charge < -0.3 is 10.1 Å². The number of carbonyl (C=O) groups is 1. The summed E-state index contributed by atoms with van der Waals surface area (Å²) in [5.41, 5.74) is 0.541. The minimum absolute atomic E-state index is 0.203. The Kier molecular flexibility index (Phi) is 6.82. The number of amides is 1. The number of aryl methyl sites for hydroxylation is 3. The Balaban J connectivity index is 1.75. The summed E-state index contributed by atoms with van der Waals surface area (Å²) >= 11 is 6.34. The van der Waals surface area contributed by atoms with Crippen molar-refractivity contribution >= 4 is 17.5 Å². The van der Waals surface area contributed by atoms with Crippen molar-refractivity contribution in [1.82, 2.24) is 29.6 Å². The normalized spacial score (nSPS) is 12.6. The molecule has 0 aliphatic rings. The van der Waals surface area contributed by atoms with Gasteiger partial charge in [-0.15, -0.1) is 0 Å². The molecule has 12 heteroatoms. The highest BCUT2D eigenvalue weighted by molar-refractivity contribution is 6.31. The lowest BCUT2D eigenvalue weighted by atomic mass is 9.98. The van der Waals surface area contributed by atoms with Crippen molar-refractivity contribution in [3.05, 3.63) is 92.0 Å². The first-order valence-electron chi connectivity index (χ1n) is 12.8. The van der Waals surface area contributed by atoms with Crippen molar-refractivity contribution < 1.29 is 21.1 Å². The zero-order valence-electron chi connectivity index (χ0n) is 24.1. The molecule has 39 heavy (non-hydrogen) atoms. The SMILES string of the molecule is [2H]C([2H])(Oc1cc(C)n(-c2cc(-n3cc(C)c(C(C)(C)NC(C)=O)n3)ncc2C)c(=O)c1Cl)c1ncc(F)cc1F. The Morgan fingerprint density at radius 3 is 2.54 bits per heavy atom. The van der Waals surface area contributed by atoms with Crippen LogP contribution in [0, 0.1) is 32.4 Å². The van der Waals surface area contributed by atoms with Gasteiger partial charge in [0.05, 0.1) is 25.9 Å². The number of hydrogen-bond donors (Lipinski definition) is 1. The summed E-state index contributed by atoms with van der Waals surface area (Å²) in [5.74, 6) is -2.40. The van der Waals surface area contributed by atoms with E-state index in [1.54, 1.807) is 32.3 Å². The number of halogens is 3. The monoisotopic (exact) mass is 558 g/mol. The fourth-order valence-corrected chi connectivity index (χ4v) is 4.39. The molecule has 0 unspecified atom stereocenters. The van der Waals surface area contributed by atoms with Crippen LogP contribution in [0.1, 0.15) is 51.7 Å². The summed E-state index contributed by atoms with van der Waals surface area (Å²) in [6.45, 7) is 7.41. The molecule has 0 aliphatic heterocycles. The quantitative estimate of drug-likeness (QED) is 0.355. The summed E-state index contributed by atoms with van der Waals surface area (Å²) in [7, 11) is 0. The van der Waals surface area contributed by atoms with E-state index in [0.29, 0.717) is 40.7 Å². The van der Waals surface area contributed by atoms with Crippen LogP contribution in [0.3, 0.4) is 0 Å². The van der Waals surface area contributed by atoms with E-state index in [2.05, 4.69) is 20.4 Å². The van der Waals surface area contributed by atoms with Crippen LogP contribution in [-0.2, 0) is 16.9 Å². The highest BCUT2D eigenvalue weighted by Gasteiger charge is 2.27. The third-order valence-electron chi connectivity index (χ3n) is 5.88. The maximum atomic E-state index is 14.2. The predicted molar refractivity (Wildman–Crippen MR) is 142 cm³/mol. The summed E-state index contributed by atoms with van der Waals surface area (Å²) < 4.78 is 51.9. The van der Waals surface area contributed by atoms with Crippen molar-refractivity contribution in [3.63, 3.8) is 0 Å². The molecule has 0 aliphatic carbocycles. The first-order chi connectivity index (χ1) is 19.0. The van der Waals surface area contributed by atoms with Crippen LogP contribution < -0.4 is 15.6 Å². The number of rotatable bonds is 7. The van der Waals surface area contributed by atoms with E-state index in [1.807, 2.05) is 20.8 Å². The molecule has 4 heterocycles. The number of ether oxygens (including phenoxy) is 1. The van der Waals surface area contributed by atoms with E-state index in [1.165, 1.54) is 22.2 Å². The van der Waals surface area contributed by atoms with Crippen LogP contribution in [-0.4, -0.2) is 30.2 Å². The van der Waals surface area contributed by atoms with E-state index in [-0.39, 0.29) is 11.7 Å². The third-order valence-corrected chi connectivity index (χ3v) is 6.23. The van der Waals surface area contributed by atoms with Gasteiger partial charge in [-0.3, -0.25) is 19.1 Å². The van der Waals surface area contributed by atoms with E-state index >= 15 is 0 Å². The molecule has 0 saturated carbocycles. The van der Waals surface area contributed by atoms with Gasteiger partial charge in [0, 0.05) is 43.2 Å². The molecule has 4 aromatic heterocycles. The van der Waals surface area contributed by atoms with Gasteiger partial charge in [-0.1, -0.05) is 11.6 Å². The second-order valence-corrected chi connectivity index (χ2v) is 9.91. The van der Waals surface area contributed by atoms with E-state index in [9.17, 15) is 18.4 Å². The standard InChI is InChI=1S/C27H27ClF2N6O3/c1-14-10-32-23(35-12-15(2)25(34-35)27(5,6)33-17(4)37)9-21(14)36-16(3)7-22(24(28)26(36)38)39-13-20-19(30)8-18(29)11-31-20/h7-12H,13H2,1-6H3,(H,33,37)/i13D2. The molecule has 4 rings (SSSR count). The zero-order chi connectivity index (χ0) is 30.4. The number of pyridine rings is 3. The Hall–Kier alpha value is -4.12. The minimum Gasteiger partial charge on any atom is -0.485 e. The van der Waals surface area contributed by atoms with Crippen LogP contribution >= 0.6 is 11.6 Å². The zero-order valence-corrected chi connectivity index (χ0v) is 22.8. The maximum Gasteiger partial charge on any atom is 0.277 e. The average molecular weight is 559 g/mol. The Morgan fingerprint density at radius 2 is 1.87 bits per heavy atom. The van der Waals surface area contributed by atoms with Gasteiger partial charge in [0.2, 0.25) is 5.91 Å². The van der Waals surface area contributed by atoms with Crippen molar-refractivity contribution in [3.8, 4) is 17.3 Å². The predicted octanol–water partition coefficient (Wildman–Crippen LogP) is 4.62. The second-order valence-electron chi connectivity index (χ2n) is 9.53. The van der Waals surface area contributed by atoms with Gasteiger partial charge in [0.15, 0.2) is 11.6 Å². The van der Waals surface area contributed by atoms with Crippen molar-refractivity contribution in [2.75, 3.05) is 0 Å². The molecule has 0 saturated heterocycles. The topological polar surface area (TPSA) is 104 Å². The molecule has 9 nitrogen and oxygen atoms in total. The molecule has 0 radical (unpaired) electrons. The number of aromatic nitrogens is 5. The summed E-state index contributed by atoms with van der Waals surface area (Å²) in [5, 5.41) is 7.04. The molecule has 0 bridgehead atoms. The van der Waals surface area contributed by atoms with Gasteiger partial charge >= 0.3 is 0 Å². The van der Waals surface area contributed by atoms with Gasteiger partial charge in [0.25, 0.3) is 5.56 Å². The first-order valence-corrected chi connectivity index (χ1v) is 12.1. The number of nitrogens with zero attached hydrogens (tertiary/aromatic N) is 5. The average Bonchev–Trinajstić information content (AvgIpc) is 3.25. The largest absolute Gasteiger partial charge is 0.485 e. The molecule has 4 aromatic rings. The van der Waals surface area contributed by atoms with Crippen molar-refractivity contribution in [2.45, 2.75) is 53.6 Å². The molecule has 0 spiro atoms. The molecular weight excluding hydrogens is 530 g/mol. The number of carbonyl (C=O) groups excluding carboxylic acids is 1. The summed E-state index contributed by atoms with van der Waals surface area (Å²) in [6, 6.07) is 3.44. The van der Waals surface area contributed by atoms with Crippen LogP contribution in [0.25, 0.3) is 11.5 Å². The lowest BCUT2D eigenvalue weighted by molar-refractivity contribution is -0.120. The fourth-order valence-electron chi connectivity index (χ4n) is 4.21. The maximum absolute atomic E-state index is 14.2. The van der Waals surface area contributed by atoms with Crippen LogP contribution in [0.4, 0.5) is 8.78 Å². The molecule has 1 N–H and O–H groups in total. The lowest BCUT2D eigenvalue weighted by Gasteiger charge is -2.24. The Bertz CT molecular complexity index is 1740. The first kappa shape index (κ1) is 25.2. The van der Waals surface area contributed by atoms with Gasteiger partial charge in [0.1, 0.15) is 28.8 Å². The fraction of sp³-hybridized carbons (Fsp3) is 0.296. The number of hydrogen-bond acceptors (Lipinski definition) is 6. The van der Waals surface area contributed by atoms with Crippen LogP contribution in [0.2, 0.25) is 5.02 Å². The van der Waals surface area contributed by atoms with Gasteiger partial charge in [-0.25, -0.2) is 18.4 Å². The lowest BCUT2D eigenvalue weighted by Crippen LogP contribution is -2.40. The Morgan fingerprint density at radius 1 is 1.15 bits per heavy atom. The summed E-state index contributed by atoms with van der Waals surface area (Å²) in [6.07, 6.45) is 3.97. The molecule has 204 valence electrons. The number of nitrogens with one attached hydrogen (secondary N) is 1. The van der Waals surface area contributed by atoms with Crippen LogP contribution in [0.15, 0.2) is 41.6 Å².